The Balaban J connectivity index is 1.41. The molecule has 5 nitrogen and oxygen atoms in total. The minimum atomic E-state index is -4.56. The Morgan fingerprint density at radius 3 is 2.67 bits per heavy atom. The summed E-state index contributed by atoms with van der Waals surface area (Å²) < 4.78 is 42.7. The average Bonchev–Trinajstić information content (AvgIpc) is 2.89. The Morgan fingerprint density at radius 2 is 2.05 bits per heavy atom. The quantitative estimate of drug-likeness (QED) is 0.921. The van der Waals surface area contributed by atoms with Gasteiger partial charge in [0.05, 0.1) is 23.5 Å². The summed E-state index contributed by atoms with van der Waals surface area (Å²) in [4.78, 5) is 1.89. The van der Waals surface area contributed by atoms with Crippen LogP contribution in [0.3, 0.4) is 0 Å². The number of hydrogen-bond donors (Lipinski definition) is 1. The third kappa shape index (κ3) is 2.12. The second kappa shape index (κ2) is 3.92. The van der Waals surface area contributed by atoms with Gasteiger partial charge in [-0.15, -0.1) is 13.2 Å². The molecule has 5 rings (SSSR count). The van der Waals surface area contributed by atoms with Crippen molar-refractivity contribution in [1.29, 1.82) is 0 Å². The number of ether oxygens (including phenoxy) is 1. The summed E-state index contributed by atoms with van der Waals surface area (Å²) in [6.45, 7) is 0.805. The highest BCUT2D eigenvalue weighted by molar-refractivity contribution is 5.44. The Labute approximate surface area is 119 Å². The molecule has 21 heavy (non-hydrogen) atoms. The first-order valence-corrected chi connectivity index (χ1v) is 7.11. The van der Waals surface area contributed by atoms with Crippen molar-refractivity contribution in [3.8, 4) is 0 Å². The van der Waals surface area contributed by atoms with Crippen molar-refractivity contribution in [2.24, 2.45) is 5.73 Å². The Hall–Kier alpha value is -1.28. The minimum Gasteiger partial charge on any atom is -0.366 e. The molecular weight excluding hydrogens is 285 g/mol. The van der Waals surface area contributed by atoms with Gasteiger partial charge in [0, 0.05) is 24.8 Å². The van der Waals surface area contributed by atoms with Gasteiger partial charge >= 0.3 is 6.36 Å². The van der Waals surface area contributed by atoms with Crippen LogP contribution in [0.5, 0.6) is 0 Å². The van der Waals surface area contributed by atoms with Gasteiger partial charge in [-0.05, 0) is 25.7 Å². The van der Waals surface area contributed by atoms with Crippen molar-refractivity contribution in [1.82, 2.24) is 9.78 Å². The third-order valence-electron chi connectivity index (χ3n) is 4.91. The lowest BCUT2D eigenvalue weighted by Crippen LogP contribution is -2.76. The number of aromatic nitrogens is 2. The number of alkyl halides is 3. The highest BCUT2D eigenvalue weighted by atomic mass is 19.4. The maximum absolute atomic E-state index is 12.2. The maximum atomic E-state index is 12.2. The molecule has 0 unspecified atom stereocenters. The van der Waals surface area contributed by atoms with E-state index in [2.05, 4.69) is 9.84 Å². The molecule has 1 aromatic rings. The lowest BCUT2D eigenvalue weighted by molar-refractivity contribution is -0.339. The first-order chi connectivity index (χ1) is 9.77. The van der Waals surface area contributed by atoms with Gasteiger partial charge in [-0.1, -0.05) is 0 Å². The second-order valence-electron chi connectivity index (χ2n) is 6.68. The fraction of sp³-hybridized carbons (Fsp3) is 0.769. The molecule has 0 spiro atoms. The van der Waals surface area contributed by atoms with E-state index in [1.807, 2.05) is 15.8 Å². The minimum absolute atomic E-state index is 0.00536. The van der Waals surface area contributed by atoms with Gasteiger partial charge < -0.3 is 10.6 Å². The normalized spacial score (nSPS) is 38.3. The fourth-order valence-corrected chi connectivity index (χ4v) is 4.04. The molecular formula is C13H17F3N4O. The lowest BCUT2D eigenvalue weighted by Gasteiger charge is -2.68. The van der Waals surface area contributed by atoms with E-state index < -0.39 is 12.5 Å². The molecule has 2 bridgehead atoms. The van der Waals surface area contributed by atoms with Crippen LogP contribution in [0, 0.1) is 0 Å². The molecule has 3 aliphatic carbocycles. The van der Waals surface area contributed by atoms with Crippen molar-refractivity contribution in [3.63, 3.8) is 0 Å². The lowest BCUT2D eigenvalue weighted by atomic mass is 9.45. The highest BCUT2D eigenvalue weighted by Gasteiger charge is 2.67. The van der Waals surface area contributed by atoms with Gasteiger partial charge in [0.2, 0.25) is 0 Å². The molecule has 1 atom stereocenters. The molecule has 3 saturated carbocycles. The third-order valence-corrected chi connectivity index (χ3v) is 4.91. The number of nitrogens with zero attached hydrogens (tertiary/aromatic N) is 3. The van der Waals surface area contributed by atoms with Crippen LogP contribution in [-0.2, 0) is 10.3 Å². The van der Waals surface area contributed by atoms with Crippen LogP contribution in [0.4, 0.5) is 18.9 Å². The van der Waals surface area contributed by atoms with Crippen molar-refractivity contribution in [2.75, 3.05) is 18.0 Å². The molecule has 0 amide bonds. The molecule has 8 heteroatoms. The summed E-state index contributed by atoms with van der Waals surface area (Å²) in [6, 6.07) is 0. The van der Waals surface area contributed by atoms with Crippen LogP contribution >= 0.6 is 0 Å². The van der Waals surface area contributed by atoms with E-state index in [0.717, 1.165) is 24.9 Å². The second-order valence-corrected chi connectivity index (χ2v) is 6.68. The standard InChI is InChI=1S/C13H17F3N4O/c14-13(15,16)21-10-1-2-19(5-10)9-3-18-20(4-9)12-6-11(17,7-12)8-12/h3-4,10H,1-2,5-8,17H2/t10-,11?,12?/m1/s1. The Bertz CT molecular complexity index is 550. The summed E-state index contributed by atoms with van der Waals surface area (Å²) >= 11 is 0. The molecule has 1 saturated heterocycles. The summed E-state index contributed by atoms with van der Waals surface area (Å²) in [5.41, 5.74) is 6.97. The number of nitrogens with two attached hydrogens (primary N) is 1. The van der Waals surface area contributed by atoms with E-state index in [1.54, 1.807) is 6.20 Å². The van der Waals surface area contributed by atoms with Gasteiger partial charge in [0.15, 0.2) is 0 Å². The van der Waals surface area contributed by atoms with Crippen LogP contribution in [0.2, 0.25) is 0 Å². The van der Waals surface area contributed by atoms with E-state index in [1.165, 1.54) is 0 Å². The first kappa shape index (κ1) is 13.4. The van der Waals surface area contributed by atoms with Crippen LogP contribution in [0.15, 0.2) is 12.4 Å². The van der Waals surface area contributed by atoms with E-state index in [-0.39, 0.29) is 17.6 Å². The summed E-state index contributed by atoms with van der Waals surface area (Å²) in [5, 5.41) is 4.38. The number of anilines is 1. The van der Waals surface area contributed by atoms with E-state index in [0.29, 0.717) is 13.0 Å². The van der Waals surface area contributed by atoms with Crippen LogP contribution in [0.1, 0.15) is 25.7 Å². The van der Waals surface area contributed by atoms with Crippen LogP contribution < -0.4 is 10.6 Å². The van der Waals surface area contributed by atoms with Crippen molar-refractivity contribution in [2.45, 2.75) is 49.2 Å². The first-order valence-electron chi connectivity index (χ1n) is 7.11. The summed E-state index contributed by atoms with van der Waals surface area (Å²) in [5.74, 6) is 0. The largest absolute Gasteiger partial charge is 0.522 e. The van der Waals surface area contributed by atoms with Crippen molar-refractivity contribution in [3.05, 3.63) is 12.4 Å². The van der Waals surface area contributed by atoms with Gasteiger partial charge in [0.1, 0.15) is 0 Å². The van der Waals surface area contributed by atoms with Crippen LogP contribution in [-0.4, -0.2) is 40.9 Å². The molecule has 2 heterocycles. The van der Waals surface area contributed by atoms with E-state index in [4.69, 9.17) is 5.73 Å². The summed E-state index contributed by atoms with van der Waals surface area (Å²) in [7, 11) is 0. The monoisotopic (exact) mass is 302 g/mol. The molecule has 0 aromatic carbocycles. The number of hydrogen-bond acceptors (Lipinski definition) is 4. The smallest absolute Gasteiger partial charge is 0.366 e. The molecule has 4 fully saturated rings. The van der Waals surface area contributed by atoms with Gasteiger partial charge in [-0.2, -0.15) is 5.10 Å². The zero-order chi connectivity index (χ0) is 14.9. The number of rotatable bonds is 3. The maximum Gasteiger partial charge on any atom is 0.522 e. The highest BCUT2D eigenvalue weighted by Crippen LogP contribution is 2.63. The molecule has 116 valence electrons. The fourth-order valence-electron chi connectivity index (χ4n) is 4.04. The van der Waals surface area contributed by atoms with Gasteiger partial charge in [-0.25, -0.2) is 0 Å². The molecule has 2 N–H and O–H groups in total. The predicted octanol–water partition coefficient (Wildman–Crippen LogP) is 1.59. The molecule has 4 aliphatic rings. The SMILES string of the molecule is NC12CC(n3cc(N4CC[C@@H](OC(F)(F)F)C4)cn3)(C1)C2. The average molecular weight is 302 g/mol. The summed E-state index contributed by atoms with van der Waals surface area (Å²) in [6.07, 6.45) is 1.50. The Morgan fingerprint density at radius 1 is 1.33 bits per heavy atom. The van der Waals surface area contributed by atoms with Crippen molar-refractivity contribution >= 4 is 5.69 Å². The zero-order valence-electron chi connectivity index (χ0n) is 11.4. The predicted molar refractivity (Wildman–Crippen MR) is 68.7 cm³/mol. The van der Waals surface area contributed by atoms with Crippen molar-refractivity contribution < 1.29 is 17.9 Å². The van der Waals surface area contributed by atoms with E-state index >= 15 is 0 Å². The topological polar surface area (TPSA) is 56.3 Å². The Kier molecular flexibility index (Phi) is 2.50. The van der Waals surface area contributed by atoms with Crippen LogP contribution in [0.25, 0.3) is 0 Å². The van der Waals surface area contributed by atoms with E-state index in [9.17, 15) is 13.2 Å². The molecule has 1 aromatic heterocycles. The molecule has 0 radical (unpaired) electrons. The van der Waals surface area contributed by atoms with Gasteiger partial charge in [0.25, 0.3) is 0 Å². The van der Waals surface area contributed by atoms with Gasteiger partial charge in [-0.3, -0.25) is 9.42 Å². The molecule has 1 aliphatic heterocycles. The zero-order valence-corrected chi connectivity index (χ0v) is 11.4. The number of halogens is 3.